The Morgan fingerprint density at radius 1 is 0.957 bits per heavy atom. The second kappa shape index (κ2) is 7.17. The molecular formula is C17H15F3O3. The predicted octanol–water partition coefficient (Wildman–Crippen LogP) is 4.36. The molecule has 0 heterocycles. The summed E-state index contributed by atoms with van der Waals surface area (Å²) in [6.07, 6.45) is -4.51. The Hall–Kier alpha value is -2.50. The fraction of sp³-hybridized carbons (Fsp3) is 0.235. The maximum absolute atomic E-state index is 12.1. The number of carbonyl (C=O) groups is 1. The molecule has 0 aliphatic carbocycles. The lowest BCUT2D eigenvalue weighted by atomic mass is 10.0. The molecule has 0 aliphatic rings. The average Bonchev–Trinajstić information content (AvgIpc) is 2.47. The molecular weight excluding hydrogens is 309 g/mol. The van der Waals surface area contributed by atoms with E-state index in [4.69, 9.17) is 4.74 Å². The van der Waals surface area contributed by atoms with Gasteiger partial charge in [-0.25, -0.2) is 0 Å². The van der Waals surface area contributed by atoms with Gasteiger partial charge >= 0.3 is 12.3 Å². The third kappa shape index (κ3) is 5.32. The van der Waals surface area contributed by atoms with Crippen molar-refractivity contribution in [3.05, 3.63) is 54.1 Å². The van der Waals surface area contributed by atoms with Crippen molar-refractivity contribution in [1.29, 1.82) is 0 Å². The number of halogens is 3. The maximum atomic E-state index is 12.1. The fourth-order valence-electron chi connectivity index (χ4n) is 2.04. The second-order valence-electron chi connectivity index (χ2n) is 4.75. The number of rotatable bonds is 5. The minimum Gasteiger partial charge on any atom is -0.466 e. The van der Waals surface area contributed by atoms with Gasteiger partial charge in [-0.15, -0.1) is 13.2 Å². The van der Waals surface area contributed by atoms with Gasteiger partial charge in [-0.3, -0.25) is 4.79 Å². The minimum absolute atomic E-state index is 0.187. The van der Waals surface area contributed by atoms with Crippen LogP contribution in [0, 0.1) is 0 Å². The van der Waals surface area contributed by atoms with Crippen molar-refractivity contribution in [2.24, 2.45) is 0 Å². The van der Waals surface area contributed by atoms with Gasteiger partial charge in [0.15, 0.2) is 0 Å². The van der Waals surface area contributed by atoms with Crippen molar-refractivity contribution in [3.63, 3.8) is 0 Å². The van der Waals surface area contributed by atoms with Crippen molar-refractivity contribution >= 4 is 5.97 Å². The lowest BCUT2D eigenvalue weighted by molar-refractivity contribution is -0.274. The van der Waals surface area contributed by atoms with Crippen LogP contribution in [0.4, 0.5) is 13.2 Å². The van der Waals surface area contributed by atoms with Crippen molar-refractivity contribution < 1.29 is 27.4 Å². The quantitative estimate of drug-likeness (QED) is 0.767. The van der Waals surface area contributed by atoms with Crippen molar-refractivity contribution in [2.75, 3.05) is 6.61 Å². The summed E-state index contributed by atoms with van der Waals surface area (Å²) in [4.78, 5) is 11.4. The Labute approximate surface area is 131 Å². The molecule has 2 aromatic rings. The number of esters is 1. The van der Waals surface area contributed by atoms with Crippen molar-refractivity contribution in [3.8, 4) is 16.9 Å². The highest BCUT2D eigenvalue weighted by molar-refractivity contribution is 5.73. The monoisotopic (exact) mass is 324 g/mol. The molecule has 23 heavy (non-hydrogen) atoms. The topological polar surface area (TPSA) is 35.5 Å². The lowest BCUT2D eigenvalue weighted by Gasteiger charge is -2.09. The molecule has 0 spiro atoms. The fourth-order valence-corrected chi connectivity index (χ4v) is 2.04. The summed E-state index contributed by atoms with van der Waals surface area (Å²) in [7, 11) is 0. The van der Waals surface area contributed by atoms with E-state index in [1.807, 2.05) is 0 Å². The van der Waals surface area contributed by atoms with E-state index >= 15 is 0 Å². The Kier molecular flexibility index (Phi) is 5.26. The number of ether oxygens (including phenoxy) is 2. The van der Waals surface area contributed by atoms with Crippen LogP contribution in [0.5, 0.6) is 5.75 Å². The van der Waals surface area contributed by atoms with E-state index < -0.39 is 6.36 Å². The van der Waals surface area contributed by atoms with Crippen LogP contribution in [0.1, 0.15) is 12.5 Å². The molecule has 0 saturated heterocycles. The molecule has 122 valence electrons. The van der Waals surface area contributed by atoms with E-state index in [2.05, 4.69) is 4.74 Å². The predicted molar refractivity (Wildman–Crippen MR) is 78.9 cm³/mol. The van der Waals surface area contributed by atoms with E-state index in [1.54, 1.807) is 43.3 Å². The van der Waals surface area contributed by atoms with Gasteiger partial charge in [-0.2, -0.15) is 0 Å². The SMILES string of the molecule is CCOC(=O)Cc1ccc(-c2ccc(OC(F)(F)F)cc2)cc1. The number of hydrogen-bond donors (Lipinski definition) is 0. The molecule has 2 rings (SSSR count). The summed E-state index contributed by atoms with van der Waals surface area (Å²) in [6.45, 7) is 2.08. The molecule has 0 amide bonds. The van der Waals surface area contributed by atoms with Gasteiger partial charge in [0.2, 0.25) is 0 Å². The van der Waals surface area contributed by atoms with Crippen molar-refractivity contribution in [1.82, 2.24) is 0 Å². The van der Waals surface area contributed by atoms with Crippen LogP contribution < -0.4 is 4.74 Å². The number of benzene rings is 2. The van der Waals surface area contributed by atoms with E-state index in [1.165, 1.54) is 12.1 Å². The van der Waals surface area contributed by atoms with E-state index in [0.717, 1.165) is 16.7 Å². The third-order valence-corrected chi connectivity index (χ3v) is 3.03. The largest absolute Gasteiger partial charge is 0.573 e. The molecule has 0 atom stereocenters. The minimum atomic E-state index is -4.70. The summed E-state index contributed by atoms with van der Waals surface area (Å²) in [5, 5.41) is 0. The van der Waals surface area contributed by atoms with Gasteiger partial charge in [0.25, 0.3) is 0 Å². The zero-order valence-electron chi connectivity index (χ0n) is 12.4. The van der Waals surface area contributed by atoms with Gasteiger partial charge < -0.3 is 9.47 Å². The average molecular weight is 324 g/mol. The van der Waals surface area contributed by atoms with Crippen LogP contribution in [-0.4, -0.2) is 18.9 Å². The smallest absolute Gasteiger partial charge is 0.466 e. The molecule has 0 bridgehead atoms. The molecule has 0 N–H and O–H groups in total. The number of carbonyl (C=O) groups excluding carboxylic acids is 1. The van der Waals surface area contributed by atoms with Crippen LogP contribution in [0.3, 0.4) is 0 Å². The summed E-state index contributed by atoms with van der Waals surface area (Å²) in [5.74, 6) is -0.561. The van der Waals surface area contributed by atoms with Gasteiger partial charge in [0.05, 0.1) is 13.0 Å². The Balaban J connectivity index is 2.06. The van der Waals surface area contributed by atoms with Crippen LogP contribution in [0.2, 0.25) is 0 Å². The molecule has 0 fully saturated rings. The van der Waals surface area contributed by atoms with E-state index in [-0.39, 0.29) is 18.1 Å². The normalized spacial score (nSPS) is 11.1. The van der Waals surface area contributed by atoms with Gasteiger partial charge in [-0.1, -0.05) is 36.4 Å². The summed E-state index contributed by atoms with van der Waals surface area (Å²) >= 11 is 0. The van der Waals surface area contributed by atoms with Gasteiger partial charge in [0.1, 0.15) is 5.75 Å². The number of alkyl halides is 3. The first-order valence-corrected chi connectivity index (χ1v) is 6.98. The van der Waals surface area contributed by atoms with Crippen LogP contribution in [0.25, 0.3) is 11.1 Å². The maximum Gasteiger partial charge on any atom is 0.573 e. The third-order valence-electron chi connectivity index (χ3n) is 3.03. The molecule has 0 aliphatic heterocycles. The summed E-state index contributed by atoms with van der Waals surface area (Å²) in [6, 6.07) is 12.8. The zero-order valence-corrected chi connectivity index (χ0v) is 12.4. The highest BCUT2D eigenvalue weighted by Gasteiger charge is 2.30. The summed E-state index contributed by atoms with van der Waals surface area (Å²) in [5.41, 5.74) is 2.39. The number of hydrogen-bond acceptors (Lipinski definition) is 3. The lowest BCUT2D eigenvalue weighted by Crippen LogP contribution is -2.16. The van der Waals surface area contributed by atoms with Crippen molar-refractivity contribution in [2.45, 2.75) is 19.7 Å². The Morgan fingerprint density at radius 2 is 1.48 bits per heavy atom. The molecule has 2 aromatic carbocycles. The first-order chi connectivity index (χ1) is 10.9. The molecule has 3 nitrogen and oxygen atoms in total. The first kappa shape index (κ1) is 16.9. The second-order valence-corrected chi connectivity index (χ2v) is 4.75. The van der Waals surface area contributed by atoms with E-state index in [0.29, 0.717) is 6.61 Å². The van der Waals surface area contributed by atoms with Crippen LogP contribution in [-0.2, 0) is 16.0 Å². The highest BCUT2D eigenvalue weighted by atomic mass is 19.4. The Bertz CT molecular complexity index is 646. The molecule has 0 aromatic heterocycles. The van der Waals surface area contributed by atoms with Crippen LogP contribution in [0.15, 0.2) is 48.5 Å². The van der Waals surface area contributed by atoms with Crippen LogP contribution >= 0.6 is 0 Å². The van der Waals surface area contributed by atoms with E-state index in [9.17, 15) is 18.0 Å². The first-order valence-electron chi connectivity index (χ1n) is 6.98. The zero-order chi connectivity index (χ0) is 16.9. The van der Waals surface area contributed by atoms with Gasteiger partial charge in [-0.05, 0) is 35.7 Å². The molecule has 6 heteroatoms. The Morgan fingerprint density at radius 3 is 1.96 bits per heavy atom. The molecule has 0 saturated carbocycles. The molecule has 0 radical (unpaired) electrons. The summed E-state index contributed by atoms with van der Waals surface area (Å²) < 4.78 is 45.0. The highest BCUT2D eigenvalue weighted by Crippen LogP contribution is 2.26. The van der Waals surface area contributed by atoms with Gasteiger partial charge in [0, 0.05) is 0 Å². The standard InChI is InChI=1S/C17H15F3O3/c1-2-22-16(21)11-12-3-5-13(6-4-12)14-7-9-15(10-8-14)23-17(18,19)20/h3-10H,2,11H2,1H3. The molecule has 0 unspecified atom stereocenters.